The van der Waals surface area contributed by atoms with Crippen LogP contribution in [-0.4, -0.2) is 22.8 Å². The van der Waals surface area contributed by atoms with Crippen molar-refractivity contribution in [2.45, 2.75) is 26.0 Å². The van der Waals surface area contributed by atoms with Gasteiger partial charge in [-0.15, -0.1) is 0 Å². The van der Waals surface area contributed by atoms with Crippen LogP contribution in [0.4, 0.5) is 5.69 Å². The quantitative estimate of drug-likeness (QED) is 0.473. The number of nitrogens with one attached hydrogen (secondary N) is 1. The number of ether oxygens (including phenoxy) is 1. The first kappa shape index (κ1) is 18.1. The Hall–Kier alpha value is -3.22. The van der Waals surface area contributed by atoms with E-state index in [-0.39, 0.29) is 24.6 Å². The monoisotopic (exact) mass is 342 g/mol. The lowest BCUT2D eigenvalue weighted by atomic mass is 10.1. The number of nitrogens with zero attached hydrogens (tertiary/aromatic N) is 1. The van der Waals surface area contributed by atoms with E-state index >= 15 is 0 Å². The number of hydrogen-bond acceptors (Lipinski definition) is 5. The van der Waals surface area contributed by atoms with Crippen molar-refractivity contribution in [3.8, 4) is 0 Å². The van der Waals surface area contributed by atoms with Gasteiger partial charge in [-0.2, -0.15) is 0 Å². The van der Waals surface area contributed by atoms with E-state index in [2.05, 4.69) is 5.32 Å². The molecular formula is C18H18N2O5. The van der Waals surface area contributed by atoms with Gasteiger partial charge in [0.2, 0.25) is 5.91 Å². The van der Waals surface area contributed by atoms with Crippen molar-refractivity contribution in [2.75, 3.05) is 0 Å². The molecule has 0 spiro atoms. The third kappa shape index (κ3) is 5.42. The Morgan fingerprint density at radius 3 is 2.40 bits per heavy atom. The molecule has 2 aromatic rings. The molecule has 0 aliphatic carbocycles. The SMILES string of the molecule is CC(=O)N[C@@H](Cc1ccccc1)C(=O)OCc1ccccc1[N+](=O)[O-]. The first-order valence-corrected chi connectivity index (χ1v) is 7.67. The number of rotatable bonds is 7. The highest BCUT2D eigenvalue weighted by molar-refractivity contribution is 5.83. The van der Waals surface area contributed by atoms with Gasteiger partial charge in [0.1, 0.15) is 12.6 Å². The third-order valence-electron chi connectivity index (χ3n) is 3.50. The minimum atomic E-state index is -0.859. The molecule has 1 N–H and O–H groups in total. The number of amides is 1. The molecule has 0 radical (unpaired) electrons. The first-order valence-electron chi connectivity index (χ1n) is 7.67. The number of carbonyl (C=O) groups is 2. The molecular weight excluding hydrogens is 324 g/mol. The van der Waals surface area contributed by atoms with E-state index in [9.17, 15) is 19.7 Å². The van der Waals surface area contributed by atoms with Gasteiger partial charge in [0, 0.05) is 19.4 Å². The summed E-state index contributed by atoms with van der Waals surface area (Å²) < 4.78 is 5.20. The van der Waals surface area contributed by atoms with Crippen molar-refractivity contribution in [2.24, 2.45) is 0 Å². The van der Waals surface area contributed by atoms with Gasteiger partial charge < -0.3 is 10.1 Å². The summed E-state index contributed by atoms with van der Waals surface area (Å²) in [6, 6.07) is 14.4. The fourth-order valence-corrected chi connectivity index (χ4v) is 2.35. The van der Waals surface area contributed by atoms with Gasteiger partial charge in [-0.05, 0) is 11.6 Å². The lowest BCUT2D eigenvalue weighted by Gasteiger charge is -2.17. The lowest BCUT2D eigenvalue weighted by Crippen LogP contribution is -2.42. The van der Waals surface area contributed by atoms with E-state index in [1.807, 2.05) is 30.3 Å². The molecule has 0 unspecified atom stereocenters. The predicted octanol–water partition coefficient (Wildman–Crippen LogP) is 2.39. The number of esters is 1. The van der Waals surface area contributed by atoms with Crippen LogP contribution in [0.3, 0.4) is 0 Å². The summed E-state index contributed by atoms with van der Waals surface area (Å²) >= 11 is 0. The number of nitro groups is 1. The summed E-state index contributed by atoms with van der Waals surface area (Å²) in [4.78, 5) is 34.2. The Kier molecular flexibility index (Phi) is 6.22. The Labute approximate surface area is 144 Å². The molecule has 0 aliphatic rings. The summed E-state index contributed by atoms with van der Waals surface area (Å²) in [5.74, 6) is -0.999. The zero-order valence-electron chi connectivity index (χ0n) is 13.7. The molecule has 7 heteroatoms. The molecule has 0 bridgehead atoms. The van der Waals surface area contributed by atoms with E-state index < -0.39 is 16.9 Å². The lowest BCUT2D eigenvalue weighted by molar-refractivity contribution is -0.385. The van der Waals surface area contributed by atoms with Crippen molar-refractivity contribution >= 4 is 17.6 Å². The van der Waals surface area contributed by atoms with E-state index in [1.165, 1.54) is 19.1 Å². The van der Waals surface area contributed by atoms with Crippen LogP contribution in [0.5, 0.6) is 0 Å². The summed E-state index contributed by atoms with van der Waals surface area (Å²) in [5.41, 5.74) is 1.04. The normalized spacial score (nSPS) is 11.4. The molecule has 25 heavy (non-hydrogen) atoms. The van der Waals surface area contributed by atoms with Crippen LogP contribution in [-0.2, 0) is 27.4 Å². The number of nitro benzene ring substituents is 1. The summed E-state index contributed by atoms with van der Waals surface area (Å²) in [6.45, 7) is 1.08. The third-order valence-corrected chi connectivity index (χ3v) is 3.50. The molecule has 0 aliphatic heterocycles. The van der Waals surface area contributed by atoms with Crippen molar-refractivity contribution in [1.82, 2.24) is 5.32 Å². The van der Waals surface area contributed by atoms with Gasteiger partial charge in [0.15, 0.2) is 0 Å². The number of hydrogen-bond donors (Lipinski definition) is 1. The maximum Gasteiger partial charge on any atom is 0.329 e. The standard InChI is InChI=1S/C18H18N2O5/c1-13(21)19-16(11-14-7-3-2-4-8-14)18(22)25-12-15-9-5-6-10-17(15)20(23)24/h2-10,16H,11-12H2,1H3,(H,19,21)/t16-/m0/s1. The van der Waals surface area contributed by atoms with Gasteiger partial charge in [0.05, 0.1) is 10.5 Å². The highest BCUT2D eigenvalue weighted by Crippen LogP contribution is 2.18. The number of carbonyl (C=O) groups excluding carboxylic acids is 2. The van der Waals surface area contributed by atoms with Crippen molar-refractivity contribution < 1.29 is 19.2 Å². The smallest absolute Gasteiger partial charge is 0.329 e. The van der Waals surface area contributed by atoms with Crippen LogP contribution < -0.4 is 5.32 Å². The van der Waals surface area contributed by atoms with E-state index in [4.69, 9.17) is 4.74 Å². The summed E-state index contributed by atoms with van der Waals surface area (Å²) in [6.07, 6.45) is 0.274. The second-order valence-electron chi connectivity index (χ2n) is 5.44. The average molecular weight is 342 g/mol. The molecule has 0 fully saturated rings. The van der Waals surface area contributed by atoms with E-state index in [1.54, 1.807) is 12.1 Å². The van der Waals surface area contributed by atoms with Crippen LogP contribution in [0.25, 0.3) is 0 Å². The number of benzene rings is 2. The van der Waals surface area contributed by atoms with Crippen LogP contribution in [0.2, 0.25) is 0 Å². The maximum absolute atomic E-state index is 12.3. The van der Waals surface area contributed by atoms with E-state index in [0.717, 1.165) is 5.56 Å². The second-order valence-corrected chi connectivity index (χ2v) is 5.44. The molecule has 130 valence electrons. The average Bonchev–Trinajstić information content (AvgIpc) is 2.59. The molecule has 0 saturated carbocycles. The summed E-state index contributed by atoms with van der Waals surface area (Å²) in [7, 11) is 0. The van der Waals surface area contributed by atoms with Crippen molar-refractivity contribution in [3.63, 3.8) is 0 Å². The Morgan fingerprint density at radius 1 is 1.12 bits per heavy atom. The molecule has 1 atom stereocenters. The van der Waals surface area contributed by atoms with Crippen molar-refractivity contribution in [3.05, 3.63) is 75.8 Å². The highest BCUT2D eigenvalue weighted by atomic mass is 16.6. The van der Waals surface area contributed by atoms with E-state index in [0.29, 0.717) is 5.56 Å². The van der Waals surface area contributed by atoms with Crippen LogP contribution in [0, 0.1) is 10.1 Å². The molecule has 0 saturated heterocycles. The highest BCUT2D eigenvalue weighted by Gasteiger charge is 2.23. The largest absolute Gasteiger partial charge is 0.459 e. The van der Waals surface area contributed by atoms with Gasteiger partial charge in [-0.1, -0.05) is 42.5 Å². The van der Waals surface area contributed by atoms with Gasteiger partial charge >= 0.3 is 5.97 Å². The molecule has 2 aromatic carbocycles. The predicted molar refractivity (Wildman–Crippen MR) is 90.6 cm³/mol. The van der Waals surface area contributed by atoms with Gasteiger partial charge in [0.25, 0.3) is 5.69 Å². The van der Waals surface area contributed by atoms with Crippen molar-refractivity contribution in [1.29, 1.82) is 0 Å². The van der Waals surface area contributed by atoms with Crippen LogP contribution >= 0.6 is 0 Å². The van der Waals surface area contributed by atoms with Gasteiger partial charge in [-0.25, -0.2) is 4.79 Å². The minimum absolute atomic E-state index is 0.116. The van der Waals surface area contributed by atoms with Gasteiger partial charge in [-0.3, -0.25) is 14.9 Å². The zero-order valence-corrected chi connectivity index (χ0v) is 13.7. The fraction of sp³-hybridized carbons (Fsp3) is 0.222. The molecule has 1 amide bonds. The topological polar surface area (TPSA) is 98.5 Å². The van der Waals surface area contributed by atoms with Crippen LogP contribution in [0.1, 0.15) is 18.1 Å². The Bertz CT molecular complexity index is 761. The second kappa shape index (κ2) is 8.58. The fourth-order valence-electron chi connectivity index (χ4n) is 2.35. The Balaban J connectivity index is 2.07. The summed E-state index contributed by atoms with van der Waals surface area (Å²) in [5, 5.41) is 13.5. The molecule has 7 nitrogen and oxygen atoms in total. The Morgan fingerprint density at radius 2 is 1.76 bits per heavy atom. The molecule has 0 heterocycles. The van der Waals surface area contributed by atoms with Crippen LogP contribution in [0.15, 0.2) is 54.6 Å². The first-order chi connectivity index (χ1) is 12.0. The molecule has 2 rings (SSSR count). The maximum atomic E-state index is 12.3. The molecule has 0 aromatic heterocycles. The minimum Gasteiger partial charge on any atom is -0.459 e. The zero-order chi connectivity index (χ0) is 18.2. The number of para-hydroxylation sites is 1.